The van der Waals surface area contributed by atoms with Crippen LogP contribution in [0.2, 0.25) is 0 Å². The molecular weight excluding hydrogens is 216 g/mol. The number of rotatable bonds is 9. The van der Waals surface area contributed by atoms with Crippen LogP contribution in [0.4, 0.5) is 0 Å². The molecule has 0 heterocycles. The summed E-state index contributed by atoms with van der Waals surface area (Å²) in [4.78, 5) is 0. The molecule has 0 aliphatic heterocycles. The van der Waals surface area contributed by atoms with Gasteiger partial charge in [-0.15, -0.1) is 0 Å². The van der Waals surface area contributed by atoms with Crippen LogP contribution in [0.15, 0.2) is 0 Å². The summed E-state index contributed by atoms with van der Waals surface area (Å²) in [6.07, 6.45) is 8.66. The highest BCUT2D eigenvalue weighted by molar-refractivity contribution is 4.98. The van der Waals surface area contributed by atoms with E-state index in [2.05, 4.69) is 41.5 Å². The predicted octanol–water partition coefficient (Wildman–Crippen LogP) is 6.16. The summed E-state index contributed by atoms with van der Waals surface area (Å²) in [7, 11) is 0. The van der Waals surface area contributed by atoms with Crippen LogP contribution in [0.5, 0.6) is 0 Å². The van der Waals surface area contributed by atoms with E-state index in [0.717, 1.165) is 35.5 Å². The standard InChI is InChI=1S/C18H36/c1-7-8-11-17-15(6)18(17)16(14(4)5)12-9-10-13(2)3/h13-18H,7-12H2,1-6H3. The van der Waals surface area contributed by atoms with Crippen molar-refractivity contribution in [2.45, 2.75) is 80.1 Å². The van der Waals surface area contributed by atoms with Gasteiger partial charge in [-0.3, -0.25) is 0 Å². The first-order valence-corrected chi connectivity index (χ1v) is 8.49. The zero-order valence-corrected chi connectivity index (χ0v) is 13.7. The molecule has 1 saturated carbocycles. The van der Waals surface area contributed by atoms with Gasteiger partial charge in [0.15, 0.2) is 0 Å². The molecule has 0 saturated heterocycles. The first-order chi connectivity index (χ1) is 8.49. The molecule has 4 atom stereocenters. The second-order valence-electron chi connectivity index (χ2n) is 7.48. The monoisotopic (exact) mass is 252 g/mol. The fourth-order valence-electron chi connectivity index (χ4n) is 3.91. The van der Waals surface area contributed by atoms with Gasteiger partial charge in [0, 0.05) is 0 Å². The minimum absolute atomic E-state index is 0.880. The molecule has 0 spiro atoms. The number of hydrogen-bond acceptors (Lipinski definition) is 0. The highest BCUT2D eigenvalue weighted by atomic mass is 14.5. The Balaban J connectivity index is 2.38. The summed E-state index contributed by atoms with van der Waals surface area (Å²) < 4.78 is 0. The van der Waals surface area contributed by atoms with Crippen molar-refractivity contribution < 1.29 is 0 Å². The summed E-state index contributed by atoms with van der Waals surface area (Å²) in [5.74, 6) is 5.91. The second kappa shape index (κ2) is 7.56. The van der Waals surface area contributed by atoms with Crippen molar-refractivity contribution >= 4 is 0 Å². The van der Waals surface area contributed by atoms with Crippen molar-refractivity contribution in [3.05, 3.63) is 0 Å². The van der Waals surface area contributed by atoms with Crippen molar-refractivity contribution in [1.29, 1.82) is 0 Å². The van der Waals surface area contributed by atoms with Crippen LogP contribution in [0, 0.1) is 35.5 Å². The van der Waals surface area contributed by atoms with Crippen molar-refractivity contribution in [3.8, 4) is 0 Å². The smallest absolute Gasteiger partial charge is 0.0324 e. The van der Waals surface area contributed by atoms with Gasteiger partial charge in [-0.2, -0.15) is 0 Å². The zero-order valence-electron chi connectivity index (χ0n) is 13.7. The van der Waals surface area contributed by atoms with Gasteiger partial charge in [-0.1, -0.05) is 67.2 Å². The van der Waals surface area contributed by atoms with E-state index in [0.29, 0.717) is 0 Å². The topological polar surface area (TPSA) is 0 Å². The molecule has 18 heavy (non-hydrogen) atoms. The van der Waals surface area contributed by atoms with Gasteiger partial charge in [0.1, 0.15) is 0 Å². The van der Waals surface area contributed by atoms with Crippen molar-refractivity contribution in [1.82, 2.24) is 0 Å². The quantitative estimate of drug-likeness (QED) is 0.461. The van der Waals surface area contributed by atoms with Crippen LogP contribution in [0.25, 0.3) is 0 Å². The Bertz CT molecular complexity index is 216. The third-order valence-corrected chi connectivity index (χ3v) is 5.20. The Morgan fingerprint density at radius 1 is 0.944 bits per heavy atom. The molecule has 0 N–H and O–H groups in total. The van der Waals surface area contributed by atoms with Crippen LogP contribution in [0.3, 0.4) is 0 Å². The van der Waals surface area contributed by atoms with Crippen molar-refractivity contribution in [2.24, 2.45) is 35.5 Å². The summed E-state index contributed by atoms with van der Waals surface area (Å²) in [5.41, 5.74) is 0. The molecule has 1 aliphatic rings. The maximum atomic E-state index is 2.50. The molecule has 0 nitrogen and oxygen atoms in total. The average molecular weight is 252 g/mol. The molecule has 0 amide bonds. The second-order valence-corrected chi connectivity index (χ2v) is 7.48. The first-order valence-electron chi connectivity index (χ1n) is 8.49. The third kappa shape index (κ3) is 4.59. The molecule has 1 rings (SSSR count). The average Bonchev–Trinajstić information content (AvgIpc) is 2.91. The largest absolute Gasteiger partial charge is 0.0654 e. The summed E-state index contributed by atoms with van der Waals surface area (Å²) >= 11 is 0. The predicted molar refractivity (Wildman–Crippen MR) is 82.7 cm³/mol. The lowest BCUT2D eigenvalue weighted by Gasteiger charge is -2.22. The molecule has 4 unspecified atom stereocenters. The van der Waals surface area contributed by atoms with Crippen LogP contribution in [-0.4, -0.2) is 0 Å². The van der Waals surface area contributed by atoms with Crippen LogP contribution in [-0.2, 0) is 0 Å². The van der Waals surface area contributed by atoms with E-state index < -0.39 is 0 Å². The lowest BCUT2D eigenvalue weighted by Crippen LogP contribution is -2.13. The van der Waals surface area contributed by atoms with Gasteiger partial charge in [0.2, 0.25) is 0 Å². The fourth-order valence-corrected chi connectivity index (χ4v) is 3.91. The first kappa shape index (κ1) is 16.1. The SMILES string of the molecule is CCCCC1C(C)C1C(CCCC(C)C)C(C)C. The number of hydrogen-bond donors (Lipinski definition) is 0. The van der Waals surface area contributed by atoms with E-state index in [9.17, 15) is 0 Å². The molecule has 108 valence electrons. The van der Waals surface area contributed by atoms with Gasteiger partial charge in [-0.05, 0) is 48.3 Å². The maximum Gasteiger partial charge on any atom is -0.0324 e. The highest BCUT2D eigenvalue weighted by Gasteiger charge is 2.50. The van der Waals surface area contributed by atoms with Gasteiger partial charge in [0.05, 0.1) is 0 Å². The molecule has 0 aromatic carbocycles. The van der Waals surface area contributed by atoms with E-state index in [1.807, 2.05) is 0 Å². The van der Waals surface area contributed by atoms with Crippen LogP contribution in [0.1, 0.15) is 80.1 Å². The fraction of sp³-hybridized carbons (Fsp3) is 1.00. The summed E-state index contributed by atoms with van der Waals surface area (Å²) in [5, 5.41) is 0. The van der Waals surface area contributed by atoms with Crippen molar-refractivity contribution in [2.75, 3.05) is 0 Å². The van der Waals surface area contributed by atoms with Crippen molar-refractivity contribution in [3.63, 3.8) is 0 Å². The summed E-state index contributed by atoms with van der Waals surface area (Å²) in [6, 6.07) is 0. The lowest BCUT2D eigenvalue weighted by atomic mass is 9.84. The molecular formula is C18H36. The minimum atomic E-state index is 0.880. The van der Waals surface area contributed by atoms with Gasteiger partial charge < -0.3 is 0 Å². The molecule has 0 radical (unpaired) electrons. The van der Waals surface area contributed by atoms with E-state index in [1.54, 1.807) is 0 Å². The van der Waals surface area contributed by atoms with Crippen LogP contribution < -0.4 is 0 Å². The molecule has 1 aliphatic carbocycles. The molecule has 0 aromatic heterocycles. The Hall–Kier alpha value is 0. The van der Waals surface area contributed by atoms with Gasteiger partial charge in [0.25, 0.3) is 0 Å². The maximum absolute atomic E-state index is 2.50. The third-order valence-electron chi connectivity index (χ3n) is 5.20. The molecule has 0 bridgehead atoms. The summed E-state index contributed by atoms with van der Waals surface area (Å²) in [6.45, 7) is 14.4. The normalized spacial score (nSPS) is 29.0. The van der Waals surface area contributed by atoms with E-state index in [-0.39, 0.29) is 0 Å². The Labute approximate surface area is 116 Å². The highest BCUT2D eigenvalue weighted by Crippen LogP contribution is 2.56. The minimum Gasteiger partial charge on any atom is -0.0654 e. The molecule has 1 fully saturated rings. The Morgan fingerprint density at radius 2 is 1.61 bits per heavy atom. The molecule has 0 aromatic rings. The number of unbranched alkanes of at least 4 members (excludes halogenated alkanes) is 1. The van der Waals surface area contributed by atoms with Gasteiger partial charge in [-0.25, -0.2) is 0 Å². The van der Waals surface area contributed by atoms with Gasteiger partial charge >= 0.3 is 0 Å². The van der Waals surface area contributed by atoms with E-state index >= 15 is 0 Å². The lowest BCUT2D eigenvalue weighted by molar-refractivity contribution is 0.280. The van der Waals surface area contributed by atoms with E-state index in [4.69, 9.17) is 0 Å². The van der Waals surface area contributed by atoms with Crippen LogP contribution >= 0.6 is 0 Å². The Morgan fingerprint density at radius 3 is 2.11 bits per heavy atom. The zero-order chi connectivity index (χ0) is 13.7. The van der Waals surface area contributed by atoms with E-state index in [1.165, 1.54) is 38.5 Å². The molecule has 0 heteroatoms. The Kier molecular flexibility index (Phi) is 6.74.